The Balaban J connectivity index is 1.43. The van der Waals surface area contributed by atoms with Crippen molar-refractivity contribution in [1.82, 2.24) is 4.31 Å². The molecule has 8 heteroatoms. The number of benzene rings is 2. The number of para-hydroxylation sites is 1. The number of anilines is 1. The quantitative estimate of drug-likeness (QED) is 0.707. The van der Waals surface area contributed by atoms with Crippen LogP contribution in [0, 0.1) is 11.7 Å². The number of sulfonamides is 1. The fourth-order valence-electron chi connectivity index (χ4n) is 4.42. The summed E-state index contributed by atoms with van der Waals surface area (Å²) in [6.07, 6.45) is 1.74. The van der Waals surface area contributed by atoms with Crippen LogP contribution in [-0.4, -0.2) is 37.8 Å². The Hall–Kier alpha value is -1.96. The molecular weight excluding hydrogens is 427 g/mol. The van der Waals surface area contributed by atoms with Crippen LogP contribution in [-0.2, 0) is 27.0 Å². The molecule has 1 unspecified atom stereocenters. The molecule has 5 nitrogen and oxygen atoms in total. The molecule has 0 N–H and O–H groups in total. The van der Waals surface area contributed by atoms with Crippen LogP contribution in [0.5, 0.6) is 0 Å². The SMILES string of the molecule is CC1Cc2ccccc2N1C(=O)C1CCN(S(=O)(=O)Cc2c(F)cccc2Cl)CC1. The third-order valence-corrected chi connectivity index (χ3v) is 8.19. The lowest BCUT2D eigenvalue weighted by atomic mass is 9.96. The highest BCUT2D eigenvalue weighted by Gasteiger charge is 2.38. The van der Waals surface area contributed by atoms with Gasteiger partial charge in [-0.2, -0.15) is 0 Å². The summed E-state index contributed by atoms with van der Waals surface area (Å²) in [4.78, 5) is 15.1. The smallest absolute Gasteiger partial charge is 0.230 e. The highest BCUT2D eigenvalue weighted by atomic mass is 35.5. The van der Waals surface area contributed by atoms with E-state index in [4.69, 9.17) is 11.6 Å². The summed E-state index contributed by atoms with van der Waals surface area (Å²) < 4.78 is 41.0. The van der Waals surface area contributed by atoms with Crippen LogP contribution in [0.3, 0.4) is 0 Å². The van der Waals surface area contributed by atoms with Crippen LogP contribution in [0.1, 0.15) is 30.9 Å². The molecule has 2 aliphatic heterocycles. The zero-order chi connectivity index (χ0) is 21.5. The molecule has 0 aromatic heterocycles. The topological polar surface area (TPSA) is 57.7 Å². The number of fused-ring (bicyclic) bond motifs is 1. The molecule has 30 heavy (non-hydrogen) atoms. The van der Waals surface area contributed by atoms with Crippen molar-refractivity contribution in [2.45, 2.75) is 38.0 Å². The van der Waals surface area contributed by atoms with Gasteiger partial charge in [-0.15, -0.1) is 0 Å². The number of carbonyl (C=O) groups is 1. The molecule has 0 bridgehead atoms. The minimum Gasteiger partial charge on any atom is -0.309 e. The molecule has 0 spiro atoms. The van der Waals surface area contributed by atoms with Crippen LogP contribution < -0.4 is 4.90 Å². The van der Waals surface area contributed by atoms with E-state index in [0.29, 0.717) is 12.8 Å². The highest BCUT2D eigenvalue weighted by Crippen LogP contribution is 2.35. The minimum absolute atomic E-state index is 0.0140. The van der Waals surface area contributed by atoms with Crippen LogP contribution >= 0.6 is 11.6 Å². The van der Waals surface area contributed by atoms with E-state index in [0.717, 1.165) is 12.1 Å². The van der Waals surface area contributed by atoms with Crippen molar-refractivity contribution in [3.63, 3.8) is 0 Å². The first-order chi connectivity index (χ1) is 14.3. The Kier molecular flexibility index (Phi) is 5.88. The summed E-state index contributed by atoms with van der Waals surface area (Å²) in [5.41, 5.74) is 2.11. The molecule has 4 rings (SSSR count). The molecule has 2 heterocycles. The monoisotopic (exact) mass is 450 g/mol. The number of halogens is 2. The van der Waals surface area contributed by atoms with Gasteiger partial charge in [-0.1, -0.05) is 35.9 Å². The summed E-state index contributed by atoms with van der Waals surface area (Å²) >= 11 is 5.99. The average Bonchev–Trinajstić information content (AvgIpc) is 3.06. The van der Waals surface area contributed by atoms with Crippen molar-refractivity contribution in [2.75, 3.05) is 18.0 Å². The zero-order valence-electron chi connectivity index (χ0n) is 16.7. The van der Waals surface area contributed by atoms with E-state index in [-0.39, 0.29) is 41.5 Å². The second-order valence-electron chi connectivity index (χ2n) is 8.02. The maximum atomic E-state index is 14.0. The van der Waals surface area contributed by atoms with Crippen molar-refractivity contribution >= 4 is 33.2 Å². The van der Waals surface area contributed by atoms with Crippen molar-refractivity contribution < 1.29 is 17.6 Å². The van der Waals surface area contributed by atoms with Gasteiger partial charge in [0, 0.05) is 41.3 Å². The first kappa shape index (κ1) is 21.3. The lowest BCUT2D eigenvalue weighted by molar-refractivity contribution is -0.123. The number of amides is 1. The van der Waals surface area contributed by atoms with E-state index in [1.165, 1.54) is 28.1 Å². The summed E-state index contributed by atoms with van der Waals surface area (Å²) in [6.45, 7) is 2.53. The van der Waals surface area contributed by atoms with Crippen LogP contribution in [0.2, 0.25) is 5.02 Å². The number of piperidine rings is 1. The Labute approximate surface area is 181 Å². The van der Waals surface area contributed by atoms with Gasteiger partial charge in [0.1, 0.15) is 5.82 Å². The predicted octanol–water partition coefficient (Wildman–Crippen LogP) is 4.00. The molecule has 0 aliphatic carbocycles. The van der Waals surface area contributed by atoms with Gasteiger partial charge in [-0.05, 0) is 49.9 Å². The van der Waals surface area contributed by atoms with Gasteiger partial charge < -0.3 is 4.90 Å². The second kappa shape index (κ2) is 8.29. The number of carbonyl (C=O) groups excluding carboxylic acids is 1. The number of hydrogen-bond acceptors (Lipinski definition) is 3. The molecule has 0 saturated carbocycles. The maximum Gasteiger partial charge on any atom is 0.230 e. The summed E-state index contributed by atoms with van der Waals surface area (Å²) in [6, 6.07) is 12.1. The molecule has 160 valence electrons. The third-order valence-electron chi connectivity index (χ3n) is 6.03. The van der Waals surface area contributed by atoms with E-state index < -0.39 is 21.6 Å². The van der Waals surface area contributed by atoms with Crippen molar-refractivity contribution in [3.05, 3.63) is 64.4 Å². The minimum atomic E-state index is -3.72. The Morgan fingerprint density at radius 2 is 1.83 bits per heavy atom. The van der Waals surface area contributed by atoms with E-state index in [1.807, 2.05) is 36.1 Å². The van der Waals surface area contributed by atoms with E-state index >= 15 is 0 Å². The lowest BCUT2D eigenvalue weighted by Gasteiger charge is -2.34. The number of hydrogen-bond donors (Lipinski definition) is 0. The molecular formula is C22H24ClFN2O3S. The van der Waals surface area contributed by atoms with E-state index in [2.05, 4.69) is 0 Å². The summed E-state index contributed by atoms with van der Waals surface area (Å²) in [5, 5.41) is 0.102. The molecule has 1 amide bonds. The largest absolute Gasteiger partial charge is 0.309 e. The molecule has 2 aromatic carbocycles. The summed E-state index contributed by atoms with van der Waals surface area (Å²) in [5.74, 6) is -1.27. The van der Waals surface area contributed by atoms with Gasteiger partial charge >= 0.3 is 0 Å². The Morgan fingerprint density at radius 1 is 1.13 bits per heavy atom. The predicted molar refractivity (Wildman–Crippen MR) is 115 cm³/mol. The van der Waals surface area contributed by atoms with E-state index in [1.54, 1.807) is 0 Å². The molecule has 0 radical (unpaired) electrons. The van der Waals surface area contributed by atoms with Gasteiger partial charge in [-0.25, -0.2) is 17.1 Å². The second-order valence-corrected chi connectivity index (χ2v) is 10.4. The number of rotatable bonds is 4. The van der Waals surface area contributed by atoms with Gasteiger partial charge in [0.15, 0.2) is 0 Å². The Morgan fingerprint density at radius 3 is 2.53 bits per heavy atom. The van der Waals surface area contributed by atoms with Crippen molar-refractivity contribution in [2.24, 2.45) is 5.92 Å². The first-order valence-corrected chi connectivity index (χ1v) is 12.1. The molecule has 1 atom stereocenters. The highest BCUT2D eigenvalue weighted by molar-refractivity contribution is 7.88. The maximum absolute atomic E-state index is 14.0. The van der Waals surface area contributed by atoms with Gasteiger partial charge in [0.25, 0.3) is 0 Å². The standard InChI is InChI=1S/C22H24ClFN2O3S/c1-15-13-17-5-2-3-8-21(17)26(15)22(27)16-9-11-25(12-10-16)30(28,29)14-18-19(23)6-4-7-20(18)24/h2-8,15-16H,9-14H2,1H3. The van der Waals surface area contributed by atoms with Crippen molar-refractivity contribution in [3.8, 4) is 0 Å². The third kappa shape index (κ3) is 3.98. The molecule has 2 aromatic rings. The molecule has 1 saturated heterocycles. The van der Waals surface area contributed by atoms with Crippen molar-refractivity contribution in [1.29, 1.82) is 0 Å². The van der Waals surface area contributed by atoms with Crippen LogP contribution in [0.25, 0.3) is 0 Å². The van der Waals surface area contributed by atoms with Gasteiger partial charge in [0.05, 0.1) is 5.75 Å². The lowest BCUT2D eigenvalue weighted by Crippen LogP contribution is -2.46. The number of nitrogens with zero attached hydrogens (tertiary/aromatic N) is 2. The fraction of sp³-hybridized carbons (Fsp3) is 0.409. The van der Waals surface area contributed by atoms with Gasteiger partial charge in [-0.3, -0.25) is 4.79 Å². The Bertz CT molecular complexity index is 1050. The summed E-state index contributed by atoms with van der Waals surface area (Å²) in [7, 11) is -3.72. The normalized spacial score (nSPS) is 20.4. The van der Waals surface area contributed by atoms with Gasteiger partial charge in [0.2, 0.25) is 15.9 Å². The van der Waals surface area contributed by atoms with Crippen LogP contribution in [0.15, 0.2) is 42.5 Å². The van der Waals surface area contributed by atoms with Crippen LogP contribution in [0.4, 0.5) is 10.1 Å². The van der Waals surface area contributed by atoms with E-state index in [9.17, 15) is 17.6 Å². The first-order valence-electron chi connectivity index (χ1n) is 10.1. The fourth-order valence-corrected chi connectivity index (χ4v) is 6.34. The molecule has 1 fully saturated rings. The molecule has 2 aliphatic rings. The average molecular weight is 451 g/mol. The zero-order valence-corrected chi connectivity index (χ0v) is 18.3.